The van der Waals surface area contributed by atoms with Crippen LogP contribution >= 0.6 is 11.8 Å². The fourth-order valence-electron chi connectivity index (χ4n) is 1.86. The van der Waals surface area contributed by atoms with E-state index in [0.29, 0.717) is 17.9 Å². The lowest BCUT2D eigenvalue weighted by Gasteiger charge is -2.06. The Hall–Kier alpha value is -2.34. The molecule has 0 aliphatic carbocycles. The average molecular weight is 332 g/mol. The van der Waals surface area contributed by atoms with Gasteiger partial charge in [0.05, 0.1) is 0 Å². The van der Waals surface area contributed by atoms with E-state index in [1.165, 1.54) is 31.2 Å². The van der Waals surface area contributed by atoms with Crippen LogP contribution in [-0.4, -0.2) is 17.6 Å². The van der Waals surface area contributed by atoms with Crippen molar-refractivity contribution in [1.29, 1.82) is 0 Å². The number of carbonyl (C=O) groups is 2. The van der Waals surface area contributed by atoms with Gasteiger partial charge < -0.3 is 10.6 Å². The van der Waals surface area contributed by atoms with Crippen molar-refractivity contribution in [2.24, 2.45) is 0 Å². The van der Waals surface area contributed by atoms with Gasteiger partial charge in [0.25, 0.3) is 0 Å². The predicted molar refractivity (Wildman–Crippen MR) is 91.1 cm³/mol. The fourth-order valence-corrected chi connectivity index (χ4v) is 2.71. The van der Waals surface area contributed by atoms with Crippen molar-refractivity contribution in [3.63, 3.8) is 0 Å². The van der Waals surface area contributed by atoms with Crippen molar-refractivity contribution < 1.29 is 14.0 Å². The summed E-state index contributed by atoms with van der Waals surface area (Å²) in [5, 5.41) is 5.42. The van der Waals surface area contributed by atoms with Crippen LogP contribution in [0.3, 0.4) is 0 Å². The molecule has 23 heavy (non-hydrogen) atoms. The van der Waals surface area contributed by atoms with Crippen LogP contribution in [0.15, 0.2) is 53.4 Å². The summed E-state index contributed by atoms with van der Waals surface area (Å²) in [5.74, 6) is 0.0788. The zero-order chi connectivity index (χ0) is 16.7. The summed E-state index contributed by atoms with van der Waals surface area (Å²) >= 11 is 1.56. The number of hydrogen-bond acceptors (Lipinski definition) is 3. The molecule has 120 valence electrons. The minimum Gasteiger partial charge on any atom is -0.326 e. The van der Waals surface area contributed by atoms with Gasteiger partial charge in [0.15, 0.2) is 0 Å². The van der Waals surface area contributed by atoms with Crippen molar-refractivity contribution in [2.45, 2.75) is 18.2 Å². The minimum absolute atomic E-state index is 0.108. The van der Waals surface area contributed by atoms with Crippen LogP contribution in [0, 0.1) is 5.82 Å². The third kappa shape index (κ3) is 6.12. The van der Waals surface area contributed by atoms with Gasteiger partial charge in [-0.15, -0.1) is 11.8 Å². The lowest BCUT2D eigenvalue weighted by Crippen LogP contribution is -2.12. The number of anilines is 2. The molecular weight excluding hydrogens is 315 g/mol. The van der Waals surface area contributed by atoms with Gasteiger partial charge in [0, 0.05) is 35.4 Å². The lowest BCUT2D eigenvalue weighted by atomic mass is 10.3. The molecule has 0 saturated carbocycles. The number of rotatable bonds is 6. The van der Waals surface area contributed by atoms with Crippen molar-refractivity contribution in [3.8, 4) is 0 Å². The van der Waals surface area contributed by atoms with Gasteiger partial charge in [-0.3, -0.25) is 9.59 Å². The highest BCUT2D eigenvalue weighted by Gasteiger charge is 2.04. The van der Waals surface area contributed by atoms with Gasteiger partial charge in [-0.05, 0) is 48.5 Å². The van der Waals surface area contributed by atoms with Crippen LogP contribution in [0.2, 0.25) is 0 Å². The Bertz CT molecular complexity index is 672. The first kappa shape index (κ1) is 17.0. The first-order chi connectivity index (χ1) is 11.0. The van der Waals surface area contributed by atoms with E-state index in [1.807, 2.05) is 24.3 Å². The van der Waals surface area contributed by atoms with Gasteiger partial charge in [0.2, 0.25) is 11.8 Å². The van der Waals surface area contributed by atoms with E-state index < -0.39 is 0 Å². The van der Waals surface area contributed by atoms with Crippen molar-refractivity contribution in [2.75, 3.05) is 16.4 Å². The van der Waals surface area contributed by atoms with Gasteiger partial charge in [0.1, 0.15) is 5.82 Å². The smallest absolute Gasteiger partial charge is 0.225 e. The highest BCUT2D eigenvalue weighted by molar-refractivity contribution is 7.99. The van der Waals surface area contributed by atoms with Crippen LogP contribution in [-0.2, 0) is 9.59 Å². The molecule has 0 heterocycles. The molecule has 2 rings (SSSR count). The standard InChI is InChI=1S/C17H17FN2O2S/c1-12(21)19-14-6-8-16(9-7-14)23-11-10-17(22)20-15-4-2-13(18)3-5-15/h2-9H,10-11H2,1H3,(H,19,21)(H,20,22). The minimum atomic E-state index is -0.332. The molecule has 0 unspecified atom stereocenters. The number of amides is 2. The maximum Gasteiger partial charge on any atom is 0.225 e. The summed E-state index contributed by atoms with van der Waals surface area (Å²) in [6.07, 6.45) is 0.357. The molecule has 4 nitrogen and oxygen atoms in total. The number of halogens is 1. The van der Waals surface area contributed by atoms with E-state index in [1.54, 1.807) is 11.8 Å². The van der Waals surface area contributed by atoms with Gasteiger partial charge in [-0.2, -0.15) is 0 Å². The van der Waals surface area contributed by atoms with Crippen molar-refractivity contribution >= 4 is 35.0 Å². The number of benzene rings is 2. The Morgan fingerprint density at radius 2 is 1.52 bits per heavy atom. The average Bonchev–Trinajstić information content (AvgIpc) is 2.51. The molecule has 0 fully saturated rings. The zero-order valence-corrected chi connectivity index (χ0v) is 13.5. The zero-order valence-electron chi connectivity index (χ0n) is 12.6. The number of nitrogens with one attached hydrogen (secondary N) is 2. The van der Waals surface area contributed by atoms with E-state index in [-0.39, 0.29) is 17.6 Å². The molecule has 0 atom stereocenters. The van der Waals surface area contributed by atoms with E-state index >= 15 is 0 Å². The van der Waals surface area contributed by atoms with E-state index in [2.05, 4.69) is 10.6 Å². The second-order valence-electron chi connectivity index (χ2n) is 4.86. The second kappa shape index (κ2) is 8.33. The van der Waals surface area contributed by atoms with Crippen molar-refractivity contribution in [1.82, 2.24) is 0 Å². The summed E-state index contributed by atoms with van der Waals surface area (Å²) < 4.78 is 12.8. The van der Waals surface area contributed by atoms with Gasteiger partial charge in [-0.25, -0.2) is 4.39 Å². The Labute approximate surface area is 138 Å². The van der Waals surface area contributed by atoms with E-state index in [4.69, 9.17) is 0 Å². The number of carbonyl (C=O) groups excluding carboxylic acids is 2. The fraction of sp³-hybridized carbons (Fsp3) is 0.176. The molecule has 6 heteroatoms. The highest BCUT2D eigenvalue weighted by Crippen LogP contribution is 2.21. The molecule has 0 saturated heterocycles. The first-order valence-corrected chi connectivity index (χ1v) is 8.07. The maximum atomic E-state index is 12.8. The van der Waals surface area contributed by atoms with Crippen molar-refractivity contribution in [3.05, 3.63) is 54.3 Å². The molecule has 2 aromatic rings. The third-order valence-electron chi connectivity index (χ3n) is 2.90. The van der Waals surface area contributed by atoms with E-state index in [9.17, 15) is 14.0 Å². The van der Waals surface area contributed by atoms with Crippen LogP contribution < -0.4 is 10.6 Å². The molecule has 0 radical (unpaired) electrons. The lowest BCUT2D eigenvalue weighted by molar-refractivity contribution is -0.116. The van der Waals surface area contributed by atoms with Crippen LogP contribution in [0.25, 0.3) is 0 Å². The summed E-state index contributed by atoms with van der Waals surface area (Å²) in [4.78, 5) is 23.8. The van der Waals surface area contributed by atoms with Crippen LogP contribution in [0.5, 0.6) is 0 Å². The summed E-state index contributed by atoms with van der Waals surface area (Å²) in [7, 11) is 0. The summed E-state index contributed by atoms with van der Waals surface area (Å²) in [5.41, 5.74) is 1.33. The molecule has 0 spiro atoms. The van der Waals surface area contributed by atoms with Crippen LogP contribution in [0.4, 0.5) is 15.8 Å². The largest absolute Gasteiger partial charge is 0.326 e. The Balaban J connectivity index is 1.74. The molecule has 2 aromatic carbocycles. The first-order valence-electron chi connectivity index (χ1n) is 7.09. The molecule has 2 amide bonds. The molecule has 2 N–H and O–H groups in total. The quantitative estimate of drug-likeness (QED) is 0.789. The topological polar surface area (TPSA) is 58.2 Å². The SMILES string of the molecule is CC(=O)Nc1ccc(SCCC(=O)Nc2ccc(F)cc2)cc1. The molecule has 0 bridgehead atoms. The molecule has 0 aliphatic heterocycles. The maximum absolute atomic E-state index is 12.8. The number of thioether (sulfide) groups is 1. The Kier molecular flexibility index (Phi) is 6.17. The second-order valence-corrected chi connectivity index (χ2v) is 6.03. The monoisotopic (exact) mass is 332 g/mol. The summed E-state index contributed by atoms with van der Waals surface area (Å²) in [6, 6.07) is 13.1. The normalized spacial score (nSPS) is 10.2. The van der Waals surface area contributed by atoms with Crippen LogP contribution in [0.1, 0.15) is 13.3 Å². The number of hydrogen-bond donors (Lipinski definition) is 2. The summed E-state index contributed by atoms with van der Waals surface area (Å²) in [6.45, 7) is 1.46. The molecule has 0 aromatic heterocycles. The molecular formula is C17H17FN2O2S. The third-order valence-corrected chi connectivity index (χ3v) is 3.91. The van der Waals surface area contributed by atoms with Gasteiger partial charge in [-0.1, -0.05) is 0 Å². The predicted octanol–water partition coefficient (Wildman–Crippen LogP) is 3.91. The Morgan fingerprint density at radius 3 is 2.13 bits per heavy atom. The van der Waals surface area contributed by atoms with E-state index in [0.717, 1.165) is 10.6 Å². The molecule has 0 aliphatic rings. The highest BCUT2D eigenvalue weighted by atomic mass is 32.2. The van der Waals surface area contributed by atoms with Gasteiger partial charge >= 0.3 is 0 Å². The Morgan fingerprint density at radius 1 is 0.957 bits per heavy atom.